The lowest BCUT2D eigenvalue weighted by molar-refractivity contribution is 0.0626. The largest absolute Gasteiger partial charge is 0.327 e. The molecule has 2 rings (SSSR count). The molecule has 4 atom stereocenters. The zero-order valence-corrected chi connectivity index (χ0v) is 12.1. The fourth-order valence-electron chi connectivity index (χ4n) is 4.26. The minimum Gasteiger partial charge on any atom is -0.327 e. The number of hydrogen-bond acceptors (Lipinski definition) is 2. The van der Waals surface area contributed by atoms with Crippen molar-refractivity contribution in [3.8, 4) is 0 Å². The summed E-state index contributed by atoms with van der Waals surface area (Å²) in [7, 11) is 0. The van der Waals surface area contributed by atoms with Crippen molar-refractivity contribution >= 4 is 0 Å². The normalized spacial score (nSPS) is 40.4. The van der Waals surface area contributed by atoms with Gasteiger partial charge in [0.25, 0.3) is 0 Å². The maximum atomic E-state index is 6.20. The molecule has 2 heteroatoms. The summed E-state index contributed by atoms with van der Waals surface area (Å²) in [6.07, 6.45) is 6.78. The van der Waals surface area contributed by atoms with Crippen LogP contribution in [0.5, 0.6) is 0 Å². The number of nitrogens with zero attached hydrogens (tertiary/aromatic N) is 1. The van der Waals surface area contributed by atoms with Gasteiger partial charge < -0.3 is 5.73 Å². The first-order chi connectivity index (χ1) is 7.91. The molecule has 0 amide bonds. The predicted molar refractivity (Wildman–Crippen MR) is 74.0 cm³/mol. The van der Waals surface area contributed by atoms with Gasteiger partial charge in [0.1, 0.15) is 0 Å². The van der Waals surface area contributed by atoms with Crippen LogP contribution in [-0.2, 0) is 0 Å². The van der Waals surface area contributed by atoms with E-state index in [9.17, 15) is 0 Å². The molecule has 0 aromatic rings. The van der Waals surface area contributed by atoms with Crippen LogP contribution in [-0.4, -0.2) is 29.6 Å². The Hall–Kier alpha value is -0.0800. The number of hydrogen-bond donors (Lipinski definition) is 1. The molecule has 4 unspecified atom stereocenters. The Morgan fingerprint density at radius 1 is 1.24 bits per heavy atom. The van der Waals surface area contributed by atoms with Gasteiger partial charge in [0, 0.05) is 18.1 Å². The lowest BCUT2D eigenvalue weighted by Crippen LogP contribution is -2.54. The summed E-state index contributed by atoms with van der Waals surface area (Å²) >= 11 is 0. The van der Waals surface area contributed by atoms with E-state index in [0.717, 1.165) is 12.0 Å². The van der Waals surface area contributed by atoms with Crippen molar-refractivity contribution in [1.82, 2.24) is 4.90 Å². The van der Waals surface area contributed by atoms with E-state index in [1.54, 1.807) is 0 Å². The Morgan fingerprint density at radius 3 is 2.47 bits per heavy atom. The number of likely N-dealkylation sites (tertiary alicyclic amines) is 1. The highest BCUT2D eigenvalue weighted by Gasteiger charge is 2.42. The van der Waals surface area contributed by atoms with E-state index >= 15 is 0 Å². The van der Waals surface area contributed by atoms with Gasteiger partial charge in [0.15, 0.2) is 0 Å². The molecule has 100 valence electrons. The smallest absolute Gasteiger partial charge is 0.0247 e. The molecule has 2 N–H and O–H groups in total. The molecule has 1 saturated heterocycles. The highest BCUT2D eigenvalue weighted by atomic mass is 15.2. The van der Waals surface area contributed by atoms with Crippen molar-refractivity contribution in [1.29, 1.82) is 0 Å². The minimum absolute atomic E-state index is 0.325. The van der Waals surface area contributed by atoms with Gasteiger partial charge in [-0.2, -0.15) is 0 Å². The second-order valence-electron chi connectivity index (χ2n) is 7.28. The maximum absolute atomic E-state index is 6.20. The van der Waals surface area contributed by atoms with Crippen molar-refractivity contribution in [3.63, 3.8) is 0 Å². The van der Waals surface area contributed by atoms with Crippen LogP contribution in [0.3, 0.4) is 0 Å². The molecule has 1 aliphatic heterocycles. The second kappa shape index (κ2) is 4.89. The highest BCUT2D eigenvalue weighted by Crippen LogP contribution is 2.44. The summed E-state index contributed by atoms with van der Waals surface area (Å²) < 4.78 is 0. The van der Waals surface area contributed by atoms with Gasteiger partial charge in [-0.05, 0) is 50.5 Å². The molecule has 2 aliphatic rings. The van der Waals surface area contributed by atoms with Crippen LogP contribution < -0.4 is 5.73 Å². The molecule has 2 nitrogen and oxygen atoms in total. The summed E-state index contributed by atoms with van der Waals surface area (Å²) in [4.78, 5) is 2.76. The molecule has 1 saturated carbocycles. The third-order valence-electron chi connectivity index (χ3n) is 4.92. The van der Waals surface area contributed by atoms with Gasteiger partial charge in [-0.15, -0.1) is 0 Å². The van der Waals surface area contributed by atoms with Crippen molar-refractivity contribution in [2.75, 3.05) is 6.54 Å². The molecule has 0 spiro atoms. The van der Waals surface area contributed by atoms with Gasteiger partial charge in [-0.25, -0.2) is 0 Å². The Bertz CT molecular complexity index is 260. The van der Waals surface area contributed by atoms with Crippen molar-refractivity contribution in [2.24, 2.45) is 17.1 Å². The molecule has 1 aliphatic carbocycles. The standard InChI is InChI=1S/C15H30N2/c1-11-9-15(3,4)10-14(11)17-8-6-5-7-13(17)12(2)16/h11-14H,5-10,16H2,1-4H3. The van der Waals surface area contributed by atoms with Crippen LogP contribution in [0.25, 0.3) is 0 Å². The molecule has 0 bridgehead atoms. The van der Waals surface area contributed by atoms with Crippen LogP contribution in [0, 0.1) is 11.3 Å². The number of rotatable bonds is 2. The molecular weight excluding hydrogens is 208 g/mol. The molecule has 0 aromatic heterocycles. The number of piperidine rings is 1. The highest BCUT2D eigenvalue weighted by molar-refractivity contribution is 4.97. The number of nitrogens with two attached hydrogens (primary N) is 1. The molecule has 0 aromatic carbocycles. The summed E-state index contributed by atoms with van der Waals surface area (Å²) in [5, 5.41) is 0. The van der Waals surface area contributed by atoms with Crippen molar-refractivity contribution in [3.05, 3.63) is 0 Å². The zero-order chi connectivity index (χ0) is 12.6. The van der Waals surface area contributed by atoms with Gasteiger partial charge in [0.05, 0.1) is 0 Å². The second-order valence-corrected chi connectivity index (χ2v) is 7.28. The molecule has 2 fully saturated rings. The Kier molecular flexibility index (Phi) is 3.84. The third-order valence-corrected chi connectivity index (χ3v) is 4.92. The van der Waals surface area contributed by atoms with Crippen LogP contribution in [0.4, 0.5) is 0 Å². The Balaban J connectivity index is 2.09. The first kappa shape index (κ1) is 13.4. The quantitative estimate of drug-likeness (QED) is 0.801. The zero-order valence-electron chi connectivity index (χ0n) is 12.1. The minimum atomic E-state index is 0.325. The van der Waals surface area contributed by atoms with Crippen LogP contribution in [0.15, 0.2) is 0 Å². The fraction of sp³-hybridized carbons (Fsp3) is 1.00. The Morgan fingerprint density at radius 2 is 1.94 bits per heavy atom. The summed E-state index contributed by atoms with van der Waals surface area (Å²) in [5.41, 5.74) is 6.73. The predicted octanol–water partition coefficient (Wildman–Crippen LogP) is 3.01. The average molecular weight is 238 g/mol. The fourth-order valence-corrected chi connectivity index (χ4v) is 4.26. The van der Waals surface area contributed by atoms with E-state index in [4.69, 9.17) is 5.73 Å². The van der Waals surface area contributed by atoms with Crippen LogP contribution >= 0.6 is 0 Å². The van der Waals surface area contributed by atoms with Gasteiger partial charge >= 0.3 is 0 Å². The van der Waals surface area contributed by atoms with E-state index in [2.05, 4.69) is 32.6 Å². The molecular formula is C15H30N2. The van der Waals surface area contributed by atoms with E-state index in [1.807, 2.05) is 0 Å². The van der Waals surface area contributed by atoms with Crippen LogP contribution in [0.1, 0.15) is 59.8 Å². The topological polar surface area (TPSA) is 29.3 Å². The van der Waals surface area contributed by atoms with Gasteiger partial charge in [0.2, 0.25) is 0 Å². The van der Waals surface area contributed by atoms with E-state index in [0.29, 0.717) is 17.5 Å². The average Bonchev–Trinajstić information content (AvgIpc) is 2.52. The van der Waals surface area contributed by atoms with Crippen molar-refractivity contribution in [2.45, 2.75) is 77.9 Å². The van der Waals surface area contributed by atoms with Crippen molar-refractivity contribution < 1.29 is 0 Å². The SMILES string of the molecule is CC(N)C1CCCCN1C1CC(C)(C)CC1C. The summed E-state index contributed by atoms with van der Waals surface area (Å²) in [5.74, 6) is 0.837. The third kappa shape index (κ3) is 2.85. The monoisotopic (exact) mass is 238 g/mol. The lowest BCUT2D eigenvalue weighted by atomic mass is 9.90. The van der Waals surface area contributed by atoms with E-state index < -0.39 is 0 Å². The van der Waals surface area contributed by atoms with E-state index in [-0.39, 0.29) is 0 Å². The van der Waals surface area contributed by atoms with Crippen LogP contribution in [0.2, 0.25) is 0 Å². The van der Waals surface area contributed by atoms with Gasteiger partial charge in [-0.3, -0.25) is 4.90 Å². The first-order valence-electron chi connectivity index (χ1n) is 7.42. The Labute approximate surface area is 107 Å². The molecule has 17 heavy (non-hydrogen) atoms. The first-order valence-corrected chi connectivity index (χ1v) is 7.42. The lowest BCUT2D eigenvalue weighted by Gasteiger charge is -2.43. The van der Waals surface area contributed by atoms with Gasteiger partial charge in [-0.1, -0.05) is 27.2 Å². The molecule has 1 heterocycles. The maximum Gasteiger partial charge on any atom is 0.0247 e. The summed E-state index contributed by atoms with van der Waals surface area (Å²) in [6.45, 7) is 10.7. The van der Waals surface area contributed by atoms with E-state index in [1.165, 1.54) is 38.6 Å². The molecule has 0 radical (unpaired) electrons. The summed E-state index contributed by atoms with van der Waals surface area (Å²) in [6, 6.07) is 1.73.